The van der Waals surface area contributed by atoms with E-state index in [1.54, 1.807) is 12.1 Å². The van der Waals surface area contributed by atoms with E-state index in [1.807, 2.05) is 9.80 Å². The third kappa shape index (κ3) is 3.21. The fraction of sp³-hybridized carbons (Fsp3) is 0.286. The fourth-order valence-electron chi connectivity index (χ4n) is 2.51. The van der Waals surface area contributed by atoms with Crippen molar-refractivity contribution in [1.82, 2.24) is 9.97 Å². The van der Waals surface area contributed by atoms with Crippen LogP contribution in [0.2, 0.25) is 0 Å². The third-order valence-electron chi connectivity index (χ3n) is 3.81. The molecule has 1 aliphatic heterocycles. The molecule has 2 aromatic heterocycles. The number of hydrogen-bond donors (Lipinski definition) is 0. The Morgan fingerprint density at radius 3 is 1.38 bits per heavy atom. The minimum absolute atomic E-state index is 0.0348. The summed E-state index contributed by atoms with van der Waals surface area (Å²) in [5, 5.41) is 21.3. The maximum absolute atomic E-state index is 10.7. The van der Waals surface area contributed by atoms with Crippen LogP contribution in [-0.2, 0) is 0 Å². The van der Waals surface area contributed by atoms with Crippen LogP contribution in [0.3, 0.4) is 0 Å². The summed E-state index contributed by atoms with van der Waals surface area (Å²) in [5.41, 5.74) is -0.0695. The molecule has 0 saturated carbocycles. The van der Waals surface area contributed by atoms with Crippen LogP contribution in [0, 0.1) is 20.2 Å². The molecule has 1 saturated heterocycles. The van der Waals surface area contributed by atoms with E-state index in [0.717, 1.165) is 0 Å². The number of rotatable bonds is 4. The number of nitro groups is 2. The highest BCUT2D eigenvalue weighted by molar-refractivity contribution is 5.48. The topological polar surface area (TPSA) is 119 Å². The second-order valence-electron chi connectivity index (χ2n) is 5.24. The van der Waals surface area contributed by atoms with E-state index in [4.69, 9.17) is 0 Å². The second kappa shape index (κ2) is 6.44. The van der Waals surface area contributed by atoms with Crippen LogP contribution in [-0.4, -0.2) is 46.0 Å². The van der Waals surface area contributed by atoms with Gasteiger partial charge in [-0.15, -0.1) is 0 Å². The van der Waals surface area contributed by atoms with Crippen LogP contribution in [0.5, 0.6) is 0 Å². The SMILES string of the molecule is O=[N+]([O-])c1ccc(N2CCN(c3ccc([N+](=O)[O-])cn3)CC2)nc1. The molecule has 10 heteroatoms. The predicted molar refractivity (Wildman–Crippen MR) is 86.2 cm³/mol. The normalized spacial score (nSPS) is 14.5. The van der Waals surface area contributed by atoms with Crippen molar-refractivity contribution >= 4 is 23.0 Å². The van der Waals surface area contributed by atoms with Gasteiger partial charge in [-0.1, -0.05) is 0 Å². The van der Waals surface area contributed by atoms with Crippen LogP contribution in [0.1, 0.15) is 0 Å². The van der Waals surface area contributed by atoms with Crippen LogP contribution in [0.25, 0.3) is 0 Å². The fourth-order valence-corrected chi connectivity index (χ4v) is 2.51. The highest BCUT2D eigenvalue weighted by Crippen LogP contribution is 2.20. The smallest absolute Gasteiger partial charge is 0.287 e. The van der Waals surface area contributed by atoms with Crippen molar-refractivity contribution < 1.29 is 9.85 Å². The lowest BCUT2D eigenvalue weighted by Gasteiger charge is -2.35. The molecule has 0 amide bonds. The van der Waals surface area contributed by atoms with Crippen LogP contribution < -0.4 is 9.80 Å². The van der Waals surface area contributed by atoms with Gasteiger partial charge in [-0.05, 0) is 12.1 Å². The Hall–Kier alpha value is -3.30. The average molecular weight is 330 g/mol. The molecule has 0 N–H and O–H groups in total. The number of pyridine rings is 2. The molecular weight excluding hydrogens is 316 g/mol. The van der Waals surface area contributed by atoms with Crippen LogP contribution in [0.4, 0.5) is 23.0 Å². The van der Waals surface area contributed by atoms with E-state index in [9.17, 15) is 20.2 Å². The summed E-state index contributed by atoms with van der Waals surface area (Å²) >= 11 is 0. The Labute approximate surface area is 136 Å². The molecule has 124 valence electrons. The molecule has 1 aliphatic rings. The molecule has 1 fully saturated rings. The van der Waals surface area contributed by atoms with E-state index in [1.165, 1.54) is 24.5 Å². The summed E-state index contributed by atoms with van der Waals surface area (Å²) < 4.78 is 0. The maximum Gasteiger partial charge on any atom is 0.287 e. The number of anilines is 2. The van der Waals surface area contributed by atoms with Crippen molar-refractivity contribution in [3.8, 4) is 0 Å². The molecule has 0 spiro atoms. The van der Waals surface area contributed by atoms with Gasteiger partial charge in [-0.3, -0.25) is 20.2 Å². The van der Waals surface area contributed by atoms with Crippen LogP contribution >= 0.6 is 0 Å². The molecule has 10 nitrogen and oxygen atoms in total. The Morgan fingerprint density at radius 1 is 0.750 bits per heavy atom. The van der Waals surface area contributed by atoms with Gasteiger partial charge in [0.1, 0.15) is 24.0 Å². The lowest BCUT2D eigenvalue weighted by molar-refractivity contribution is -0.385. The molecule has 3 heterocycles. The van der Waals surface area contributed by atoms with Crippen molar-refractivity contribution in [2.75, 3.05) is 36.0 Å². The van der Waals surface area contributed by atoms with Crippen LogP contribution in [0.15, 0.2) is 36.7 Å². The molecule has 0 bridgehead atoms. The van der Waals surface area contributed by atoms with Gasteiger partial charge < -0.3 is 9.80 Å². The molecule has 0 unspecified atom stereocenters. The summed E-state index contributed by atoms with van der Waals surface area (Å²) in [6, 6.07) is 6.15. The summed E-state index contributed by atoms with van der Waals surface area (Å²) in [6.07, 6.45) is 2.50. The van der Waals surface area contributed by atoms with Crippen molar-refractivity contribution in [3.05, 3.63) is 56.9 Å². The van der Waals surface area contributed by atoms with Gasteiger partial charge in [0, 0.05) is 38.3 Å². The first-order valence-electron chi connectivity index (χ1n) is 7.25. The van der Waals surface area contributed by atoms with Gasteiger partial charge in [0.25, 0.3) is 11.4 Å². The summed E-state index contributed by atoms with van der Waals surface area (Å²) in [4.78, 5) is 32.7. The lowest BCUT2D eigenvalue weighted by atomic mass is 10.3. The summed E-state index contributed by atoms with van der Waals surface area (Å²) in [7, 11) is 0. The van der Waals surface area contributed by atoms with E-state index in [0.29, 0.717) is 37.8 Å². The predicted octanol–water partition coefficient (Wildman–Crippen LogP) is 1.62. The molecule has 24 heavy (non-hydrogen) atoms. The molecule has 3 rings (SSSR count). The molecule has 0 aromatic carbocycles. The first kappa shape index (κ1) is 15.6. The zero-order valence-electron chi connectivity index (χ0n) is 12.6. The van der Waals surface area contributed by atoms with E-state index in [2.05, 4.69) is 9.97 Å². The number of aromatic nitrogens is 2. The van der Waals surface area contributed by atoms with Gasteiger partial charge in [0.2, 0.25) is 0 Å². The first-order chi connectivity index (χ1) is 11.5. The second-order valence-corrected chi connectivity index (χ2v) is 5.24. The van der Waals surface area contributed by atoms with Gasteiger partial charge in [0.15, 0.2) is 0 Å². The minimum atomic E-state index is -0.477. The molecule has 0 radical (unpaired) electrons. The molecular formula is C14H14N6O4. The highest BCUT2D eigenvalue weighted by atomic mass is 16.6. The summed E-state index contributed by atoms with van der Waals surface area (Å²) in [6.45, 7) is 2.74. The standard InChI is InChI=1S/C14H14N6O4/c21-19(22)11-1-3-13(15-9-11)17-5-7-18(8-6-17)14-4-2-12(10-16-14)20(23)24/h1-4,9-10H,5-8H2. The number of hydrogen-bond acceptors (Lipinski definition) is 8. The zero-order valence-corrected chi connectivity index (χ0v) is 12.6. The number of nitrogens with zero attached hydrogens (tertiary/aromatic N) is 6. The maximum atomic E-state index is 10.7. The Kier molecular flexibility index (Phi) is 4.18. The minimum Gasteiger partial charge on any atom is -0.353 e. The zero-order chi connectivity index (χ0) is 17.1. The quantitative estimate of drug-likeness (QED) is 0.613. The Balaban J connectivity index is 1.62. The molecule has 0 atom stereocenters. The van der Waals surface area contributed by atoms with Gasteiger partial charge in [-0.2, -0.15) is 0 Å². The van der Waals surface area contributed by atoms with Gasteiger partial charge >= 0.3 is 0 Å². The largest absolute Gasteiger partial charge is 0.353 e. The van der Waals surface area contributed by atoms with Crippen molar-refractivity contribution in [1.29, 1.82) is 0 Å². The first-order valence-corrected chi connectivity index (χ1v) is 7.25. The third-order valence-corrected chi connectivity index (χ3v) is 3.81. The van der Waals surface area contributed by atoms with Crippen molar-refractivity contribution in [3.63, 3.8) is 0 Å². The van der Waals surface area contributed by atoms with E-state index < -0.39 is 9.85 Å². The Bertz CT molecular complexity index is 675. The molecule has 0 aliphatic carbocycles. The van der Waals surface area contributed by atoms with E-state index in [-0.39, 0.29) is 11.4 Å². The van der Waals surface area contributed by atoms with Gasteiger partial charge in [0.05, 0.1) is 9.85 Å². The van der Waals surface area contributed by atoms with Crippen molar-refractivity contribution in [2.45, 2.75) is 0 Å². The van der Waals surface area contributed by atoms with Crippen molar-refractivity contribution in [2.24, 2.45) is 0 Å². The average Bonchev–Trinajstić information content (AvgIpc) is 2.62. The summed E-state index contributed by atoms with van der Waals surface area (Å²) in [5.74, 6) is 1.38. The molecule has 2 aromatic rings. The van der Waals surface area contributed by atoms with E-state index >= 15 is 0 Å². The Morgan fingerprint density at radius 2 is 1.12 bits per heavy atom. The van der Waals surface area contributed by atoms with Gasteiger partial charge in [-0.25, -0.2) is 9.97 Å². The highest BCUT2D eigenvalue weighted by Gasteiger charge is 2.20. The number of piperazine rings is 1. The monoisotopic (exact) mass is 330 g/mol. The lowest BCUT2D eigenvalue weighted by Crippen LogP contribution is -2.47.